The zero-order valence-electron chi connectivity index (χ0n) is 18.8. The first-order chi connectivity index (χ1) is 14.1. The van der Waals surface area contributed by atoms with Gasteiger partial charge in [0.15, 0.2) is 0 Å². The summed E-state index contributed by atoms with van der Waals surface area (Å²) in [5, 5.41) is 0. The molecule has 0 aliphatic carbocycles. The molecule has 0 radical (unpaired) electrons. The summed E-state index contributed by atoms with van der Waals surface area (Å²) in [6.45, 7) is 15.1. The van der Waals surface area contributed by atoms with E-state index < -0.39 is 18.3 Å². The first-order valence-corrected chi connectivity index (χ1v) is 13.8. The summed E-state index contributed by atoms with van der Waals surface area (Å²) in [6, 6.07) is 6.78. The smallest absolute Gasteiger partial charge is 0.244 e. The molecule has 0 bridgehead atoms. The zero-order valence-corrected chi connectivity index (χ0v) is 20.7. The van der Waals surface area contributed by atoms with Crippen LogP contribution in [0.25, 0.3) is 0 Å². The summed E-state index contributed by atoms with van der Waals surface area (Å²) < 4.78 is 33.5. The number of aryl methyl sites for hydroxylation is 1. The Bertz CT molecular complexity index is 870. The maximum atomic E-state index is 12.9. The molecule has 0 aliphatic heterocycles. The molecular weight excluding hydrogens is 410 g/mol. The Hall–Kier alpha value is -1.91. The number of hydrogen-bond acceptors (Lipinski definition) is 3. The van der Waals surface area contributed by atoms with Gasteiger partial charge in [0.1, 0.15) is 0 Å². The van der Waals surface area contributed by atoms with Gasteiger partial charge in [0.05, 0.1) is 18.0 Å². The monoisotopic (exact) mass is 445 g/mol. The first kappa shape index (κ1) is 26.1. The van der Waals surface area contributed by atoms with E-state index in [1.165, 1.54) is 4.31 Å². The molecule has 1 rings (SSSR count). The van der Waals surface area contributed by atoms with Gasteiger partial charge in [-0.3, -0.25) is 0 Å². The van der Waals surface area contributed by atoms with Crippen LogP contribution < -0.4 is 0 Å². The Labute approximate surface area is 184 Å². The molecule has 0 fully saturated rings. The molecule has 0 heterocycles. The number of sulfonamides is 1. The number of benzene rings is 1. The predicted molar refractivity (Wildman–Crippen MR) is 129 cm³/mol. The number of rotatable bonds is 12. The van der Waals surface area contributed by atoms with Crippen LogP contribution in [-0.4, -0.2) is 40.7 Å². The largest absolute Gasteiger partial charge is 0.409 e. The van der Waals surface area contributed by atoms with Crippen molar-refractivity contribution in [2.75, 3.05) is 19.7 Å². The molecule has 6 heteroatoms. The van der Waals surface area contributed by atoms with Gasteiger partial charge in [0.2, 0.25) is 18.3 Å². The second-order valence-electron chi connectivity index (χ2n) is 7.85. The van der Waals surface area contributed by atoms with Crippen molar-refractivity contribution in [3.8, 4) is 12.3 Å². The van der Waals surface area contributed by atoms with E-state index in [1.807, 2.05) is 19.1 Å². The van der Waals surface area contributed by atoms with Gasteiger partial charge in [0, 0.05) is 6.54 Å². The molecular formula is C24H35NO3SSi. The highest BCUT2D eigenvalue weighted by atomic mass is 32.2. The zero-order chi connectivity index (χ0) is 22.8. The molecule has 0 spiro atoms. The first-order valence-electron chi connectivity index (χ1n) is 10.2. The van der Waals surface area contributed by atoms with Crippen LogP contribution in [0, 0.1) is 19.3 Å². The average molecular weight is 446 g/mol. The van der Waals surface area contributed by atoms with Crippen molar-refractivity contribution in [2.45, 2.75) is 50.6 Å². The highest BCUT2D eigenvalue weighted by Gasteiger charge is 2.39. The number of terminal acetylenes is 1. The minimum Gasteiger partial charge on any atom is -0.409 e. The van der Waals surface area contributed by atoms with Crippen LogP contribution >= 0.6 is 0 Å². The highest BCUT2D eigenvalue weighted by Crippen LogP contribution is 2.34. The molecule has 0 amide bonds. The van der Waals surface area contributed by atoms with Crippen LogP contribution in [0.1, 0.15) is 33.3 Å². The minimum absolute atomic E-state index is 0.0140. The lowest BCUT2D eigenvalue weighted by molar-refractivity contribution is 0.335. The quantitative estimate of drug-likeness (QED) is 0.191. The van der Waals surface area contributed by atoms with Gasteiger partial charge in [0.25, 0.3) is 0 Å². The molecule has 164 valence electrons. The van der Waals surface area contributed by atoms with Gasteiger partial charge >= 0.3 is 0 Å². The maximum Gasteiger partial charge on any atom is 0.244 e. The Morgan fingerprint density at radius 2 is 1.77 bits per heavy atom. The summed E-state index contributed by atoms with van der Waals surface area (Å²) in [4.78, 5) is 0.244. The van der Waals surface area contributed by atoms with Crippen LogP contribution in [0.3, 0.4) is 0 Å². The van der Waals surface area contributed by atoms with Crippen molar-refractivity contribution in [2.24, 2.45) is 0 Å². The van der Waals surface area contributed by atoms with E-state index in [1.54, 1.807) is 36.4 Å². The van der Waals surface area contributed by atoms with Gasteiger partial charge in [-0.25, -0.2) is 8.42 Å². The van der Waals surface area contributed by atoms with Crippen molar-refractivity contribution in [1.82, 2.24) is 4.31 Å². The summed E-state index contributed by atoms with van der Waals surface area (Å²) in [5.74, 6) is 2.44. The van der Waals surface area contributed by atoms with E-state index >= 15 is 0 Å². The fraction of sp³-hybridized carbons (Fsp3) is 0.417. The van der Waals surface area contributed by atoms with Gasteiger partial charge in [-0.15, -0.1) is 6.42 Å². The summed E-state index contributed by atoms with van der Waals surface area (Å²) in [7, 11) is -5.77. The standard InChI is InChI=1S/C24H35NO3SSi/c1-8-10-20-30(21(3)4,22(5)6)28-19-12-11-18-25(17-9-2)29(26,27)24-15-13-23(7)14-16-24/h2,8,10-16,20-22H,1,17-19H2,3-7H3/b12-11+,20-10+. The summed E-state index contributed by atoms with van der Waals surface area (Å²) in [6.07, 6.45) is 12.8. The van der Waals surface area contributed by atoms with E-state index in [-0.39, 0.29) is 18.0 Å². The molecule has 0 aromatic heterocycles. The molecule has 30 heavy (non-hydrogen) atoms. The van der Waals surface area contributed by atoms with Gasteiger partial charge in [-0.05, 0) is 30.1 Å². The number of hydrogen-bond donors (Lipinski definition) is 0. The van der Waals surface area contributed by atoms with Crippen molar-refractivity contribution < 1.29 is 12.8 Å². The molecule has 1 aromatic rings. The molecule has 4 nitrogen and oxygen atoms in total. The fourth-order valence-electron chi connectivity index (χ4n) is 3.31. The van der Waals surface area contributed by atoms with E-state index in [0.717, 1.165) is 5.56 Å². The SMILES string of the molecule is C#CCN(C/C=C/CO[Si](/C=C/C=C)(C(C)C)C(C)C)S(=O)(=O)c1ccc(C)cc1. The second kappa shape index (κ2) is 12.1. The van der Waals surface area contributed by atoms with E-state index in [0.29, 0.717) is 17.7 Å². The lowest BCUT2D eigenvalue weighted by Crippen LogP contribution is -2.43. The topological polar surface area (TPSA) is 46.6 Å². The van der Waals surface area contributed by atoms with Crippen LogP contribution in [0.2, 0.25) is 11.1 Å². The van der Waals surface area contributed by atoms with Crippen LogP contribution in [0.4, 0.5) is 0 Å². The second-order valence-corrected chi connectivity index (χ2v) is 14.4. The number of allylic oxidation sites excluding steroid dienone is 2. The van der Waals surface area contributed by atoms with Crippen molar-refractivity contribution in [3.63, 3.8) is 0 Å². The molecule has 0 saturated heterocycles. The Morgan fingerprint density at radius 3 is 2.27 bits per heavy atom. The van der Waals surface area contributed by atoms with E-state index in [4.69, 9.17) is 10.8 Å². The normalized spacial score (nSPS) is 13.0. The molecule has 0 unspecified atom stereocenters. The predicted octanol–water partition coefficient (Wildman–Crippen LogP) is 5.24. The van der Waals surface area contributed by atoms with Gasteiger partial charge in [-0.2, -0.15) is 4.31 Å². The number of nitrogens with zero attached hydrogens (tertiary/aromatic N) is 1. The molecule has 0 aliphatic rings. The average Bonchev–Trinajstić information content (AvgIpc) is 2.69. The van der Waals surface area contributed by atoms with E-state index in [2.05, 4.69) is 45.9 Å². The summed E-state index contributed by atoms with van der Waals surface area (Å²) >= 11 is 0. The third-order valence-electron chi connectivity index (χ3n) is 5.13. The van der Waals surface area contributed by atoms with Gasteiger partial charge in [-0.1, -0.05) is 87.9 Å². The molecule has 1 aromatic carbocycles. The van der Waals surface area contributed by atoms with Crippen molar-refractivity contribution in [1.29, 1.82) is 0 Å². The highest BCUT2D eigenvalue weighted by molar-refractivity contribution is 7.89. The summed E-state index contributed by atoms with van der Waals surface area (Å²) in [5.41, 5.74) is 4.00. The van der Waals surface area contributed by atoms with Crippen LogP contribution in [0.5, 0.6) is 0 Å². The third kappa shape index (κ3) is 6.81. The Balaban J connectivity index is 2.90. The van der Waals surface area contributed by atoms with E-state index in [9.17, 15) is 8.42 Å². The maximum absolute atomic E-state index is 12.9. The lowest BCUT2D eigenvalue weighted by atomic mass is 10.2. The minimum atomic E-state index is -3.65. The molecule has 0 saturated carbocycles. The van der Waals surface area contributed by atoms with Crippen molar-refractivity contribution in [3.05, 3.63) is 66.4 Å². The lowest BCUT2D eigenvalue weighted by Gasteiger charge is -2.35. The van der Waals surface area contributed by atoms with Gasteiger partial charge < -0.3 is 4.43 Å². The van der Waals surface area contributed by atoms with Crippen LogP contribution in [-0.2, 0) is 14.4 Å². The molecule has 0 atom stereocenters. The Morgan fingerprint density at radius 1 is 1.17 bits per heavy atom. The Kier molecular flexibility index (Phi) is 10.5. The fourth-order valence-corrected chi connectivity index (χ4v) is 8.31. The van der Waals surface area contributed by atoms with Crippen LogP contribution in [0.15, 0.2) is 65.7 Å². The molecule has 0 N–H and O–H groups in total. The third-order valence-corrected chi connectivity index (χ3v) is 11.9. The van der Waals surface area contributed by atoms with Crippen molar-refractivity contribution >= 4 is 18.3 Å².